The Labute approximate surface area is 84.8 Å². The van der Waals surface area contributed by atoms with Crippen LogP contribution in [0.4, 0.5) is 0 Å². The van der Waals surface area contributed by atoms with Gasteiger partial charge in [-0.05, 0) is 18.5 Å². The molecule has 1 aromatic rings. The summed E-state index contributed by atoms with van der Waals surface area (Å²) in [5.41, 5.74) is 0. The maximum absolute atomic E-state index is 11.3. The molecule has 0 fully saturated rings. The van der Waals surface area contributed by atoms with Crippen LogP contribution < -0.4 is 5.32 Å². The van der Waals surface area contributed by atoms with Crippen LogP contribution in [-0.2, 0) is 0 Å². The van der Waals surface area contributed by atoms with Gasteiger partial charge in [0.05, 0.1) is 6.54 Å². The number of aryl methyl sites for hydroxylation is 1. The van der Waals surface area contributed by atoms with Gasteiger partial charge in [0.15, 0.2) is 0 Å². The van der Waals surface area contributed by atoms with E-state index in [4.69, 9.17) is 11.6 Å². The van der Waals surface area contributed by atoms with Crippen LogP contribution in [0.25, 0.3) is 0 Å². The normalized spacial score (nSPS) is 9.69. The van der Waals surface area contributed by atoms with Gasteiger partial charge in [0.25, 0.3) is 5.91 Å². The number of hydrogen-bond acceptors (Lipinski definition) is 4. The van der Waals surface area contributed by atoms with Gasteiger partial charge >= 0.3 is 0 Å². The molecule has 0 atom stereocenters. The molecule has 0 aliphatic carbocycles. The van der Waals surface area contributed by atoms with Crippen LogP contribution in [0.2, 0.25) is 0 Å². The molecule has 0 spiro atoms. The molecule has 1 heterocycles. The molecule has 0 bridgehead atoms. The minimum absolute atomic E-state index is 0.249. The van der Waals surface area contributed by atoms with Crippen molar-refractivity contribution in [3.8, 4) is 0 Å². The number of hydrogen-bond donors (Lipinski definition) is 1. The molecule has 1 N–H and O–H groups in total. The van der Waals surface area contributed by atoms with E-state index in [1.165, 1.54) is 0 Å². The predicted molar refractivity (Wildman–Crippen MR) is 52.0 cm³/mol. The summed E-state index contributed by atoms with van der Waals surface area (Å²) < 4.78 is 3.88. The van der Waals surface area contributed by atoms with Gasteiger partial charge in [-0.15, -0.1) is 0 Å². The van der Waals surface area contributed by atoms with E-state index >= 15 is 0 Å². The molecule has 1 amide bonds. The van der Waals surface area contributed by atoms with E-state index in [0.29, 0.717) is 15.9 Å². The highest BCUT2D eigenvalue weighted by molar-refractivity contribution is 7.07. The van der Waals surface area contributed by atoms with Crippen molar-refractivity contribution in [2.45, 2.75) is 6.92 Å². The van der Waals surface area contributed by atoms with Crippen molar-refractivity contribution in [2.24, 2.45) is 0 Å². The van der Waals surface area contributed by atoms with E-state index in [2.05, 4.69) is 21.3 Å². The van der Waals surface area contributed by atoms with Gasteiger partial charge in [0.2, 0.25) is 5.01 Å². The van der Waals surface area contributed by atoms with E-state index < -0.39 is 0 Å². The van der Waals surface area contributed by atoms with Gasteiger partial charge in [-0.2, -0.15) is 4.37 Å². The summed E-state index contributed by atoms with van der Waals surface area (Å²) in [6.45, 7) is 5.42. The van der Waals surface area contributed by atoms with Crippen molar-refractivity contribution < 1.29 is 4.79 Å². The summed E-state index contributed by atoms with van der Waals surface area (Å²) in [6.07, 6.45) is 0. The zero-order chi connectivity index (χ0) is 9.84. The third kappa shape index (κ3) is 3.12. The molecule has 1 rings (SSSR count). The summed E-state index contributed by atoms with van der Waals surface area (Å²) in [5, 5.41) is 3.28. The number of nitrogens with one attached hydrogen (secondary N) is 1. The number of rotatable bonds is 3. The Balaban J connectivity index is 2.54. The van der Waals surface area contributed by atoms with Gasteiger partial charge in [0, 0.05) is 5.03 Å². The Morgan fingerprint density at radius 1 is 1.77 bits per heavy atom. The second kappa shape index (κ2) is 4.34. The molecule has 13 heavy (non-hydrogen) atoms. The number of carbonyl (C=O) groups is 1. The maximum atomic E-state index is 11.3. The molecule has 0 saturated heterocycles. The lowest BCUT2D eigenvalue weighted by Crippen LogP contribution is -2.24. The standard InChI is InChI=1S/C7H8ClN3OS/c1-4(8)3-9-6(12)7-10-5(2)11-13-7/h1,3H2,2H3,(H,9,12). The van der Waals surface area contributed by atoms with Crippen LogP contribution in [0.5, 0.6) is 0 Å². The minimum atomic E-state index is -0.271. The lowest BCUT2D eigenvalue weighted by molar-refractivity contribution is 0.0957. The summed E-state index contributed by atoms with van der Waals surface area (Å²) in [5.74, 6) is 0.326. The van der Waals surface area contributed by atoms with Gasteiger partial charge in [-0.3, -0.25) is 4.79 Å². The van der Waals surface area contributed by atoms with Crippen molar-refractivity contribution in [1.29, 1.82) is 0 Å². The Bertz CT molecular complexity index is 336. The van der Waals surface area contributed by atoms with Crippen LogP contribution >= 0.6 is 23.1 Å². The Morgan fingerprint density at radius 3 is 2.92 bits per heavy atom. The number of amides is 1. The Kier molecular flexibility index (Phi) is 3.39. The fraction of sp³-hybridized carbons (Fsp3) is 0.286. The van der Waals surface area contributed by atoms with Gasteiger partial charge in [-0.25, -0.2) is 4.98 Å². The summed E-state index contributed by atoms with van der Waals surface area (Å²) in [6, 6.07) is 0. The highest BCUT2D eigenvalue weighted by atomic mass is 35.5. The maximum Gasteiger partial charge on any atom is 0.282 e. The van der Waals surface area contributed by atoms with Crippen molar-refractivity contribution in [2.75, 3.05) is 6.54 Å². The number of halogens is 1. The molecule has 0 aliphatic heterocycles. The highest BCUT2D eigenvalue weighted by Crippen LogP contribution is 2.03. The van der Waals surface area contributed by atoms with Gasteiger partial charge < -0.3 is 5.32 Å². The molecule has 0 saturated carbocycles. The first-order valence-corrected chi connectivity index (χ1v) is 4.66. The number of nitrogens with zero attached hydrogens (tertiary/aromatic N) is 2. The van der Waals surface area contributed by atoms with Gasteiger partial charge in [0.1, 0.15) is 5.82 Å². The Morgan fingerprint density at radius 2 is 2.46 bits per heavy atom. The zero-order valence-electron chi connectivity index (χ0n) is 7.00. The topological polar surface area (TPSA) is 54.9 Å². The SMILES string of the molecule is C=C(Cl)CNC(=O)c1nc(C)ns1. The number of carbonyl (C=O) groups excluding carboxylic acids is 1. The average molecular weight is 218 g/mol. The van der Waals surface area contributed by atoms with Crippen LogP contribution in [0.15, 0.2) is 11.6 Å². The highest BCUT2D eigenvalue weighted by Gasteiger charge is 2.09. The van der Waals surface area contributed by atoms with E-state index in [1.54, 1.807) is 6.92 Å². The van der Waals surface area contributed by atoms with Crippen molar-refractivity contribution in [1.82, 2.24) is 14.7 Å². The van der Waals surface area contributed by atoms with Crippen molar-refractivity contribution in [3.05, 3.63) is 22.4 Å². The largest absolute Gasteiger partial charge is 0.345 e. The van der Waals surface area contributed by atoms with Crippen LogP contribution in [0.3, 0.4) is 0 Å². The van der Waals surface area contributed by atoms with E-state index in [-0.39, 0.29) is 12.5 Å². The fourth-order valence-corrected chi connectivity index (χ4v) is 1.30. The third-order valence-electron chi connectivity index (χ3n) is 1.16. The van der Waals surface area contributed by atoms with Crippen molar-refractivity contribution >= 4 is 29.0 Å². The summed E-state index contributed by atoms with van der Waals surface area (Å²) in [7, 11) is 0. The number of aromatic nitrogens is 2. The molecule has 70 valence electrons. The van der Waals surface area contributed by atoms with Crippen LogP contribution in [0, 0.1) is 6.92 Å². The molecule has 0 aromatic carbocycles. The second-order valence-electron chi connectivity index (χ2n) is 2.35. The molecule has 1 aromatic heterocycles. The minimum Gasteiger partial charge on any atom is -0.345 e. The predicted octanol–water partition coefficient (Wildman–Crippen LogP) is 1.33. The molecular formula is C7H8ClN3OS. The van der Waals surface area contributed by atoms with Crippen molar-refractivity contribution in [3.63, 3.8) is 0 Å². The first-order valence-electron chi connectivity index (χ1n) is 3.51. The molecule has 0 unspecified atom stereocenters. The molecule has 0 aliphatic rings. The quantitative estimate of drug-likeness (QED) is 0.831. The zero-order valence-corrected chi connectivity index (χ0v) is 8.58. The first kappa shape index (κ1) is 10.1. The van der Waals surface area contributed by atoms with E-state index in [0.717, 1.165) is 11.5 Å². The molecule has 6 heteroatoms. The van der Waals surface area contributed by atoms with E-state index in [1.807, 2.05) is 0 Å². The van der Waals surface area contributed by atoms with Crippen LogP contribution in [-0.4, -0.2) is 21.8 Å². The summed E-state index contributed by atoms with van der Waals surface area (Å²) >= 11 is 6.54. The second-order valence-corrected chi connectivity index (χ2v) is 3.63. The monoisotopic (exact) mass is 217 g/mol. The molecule has 0 radical (unpaired) electrons. The molecule has 4 nitrogen and oxygen atoms in total. The Hall–Kier alpha value is -0.940. The van der Waals surface area contributed by atoms with Gasteiger partial charge in [-0.1, -0.05) is 18.2 Å². The fourth-order valence-electron chi connectivity index (χ4n) is 0.641. The van der Waals surface area contributed by atoms with E-state index in [9.17, 15) is 4.79 Å². The first-order chi connectivity index (χ1) is 6.09. The summed E-state index contributed by atoms with van der Waals surface area (Å²) in [4.78, 5) is 15.2. The lowest BCUT2D eigenvalue weighted by Gasteiger charge is -1.98. The lowest BCUT2D eigenvalue weighted by atomic mass is 10.5. The average Bonchev–Trinajstić information content (AvgIpc) is 2.47. The third-order valence-corrected chi connectivity index (χ3v) is 2.10. The van der Waals surface area contributed by atoms with Crippen LogP contribution in [0.1, 0.15) is 15.6 Å². The smallest absolute Gasteiger partial charge is 0.282 e. The molecular weight excluding hydrogens is 210 g/mol.